The summed E-state index contributed by atoms with van der Waals surface area (Å²) in [7, 11) is -0.214. The van der Waals surface area contributed by atoms with Crippen molar-refractivity contribution in [2.75, 3.05) is 27.2 Å². The number of nitrogens with zero attached hydrogens (tertiary/aromatic N) is 4. The first-order valence-electron chi connectivity index (χ1n) is 6.83. The molecule has 0 aromatic carbocycles. The summed E-state index contributed by atoms with van der Waals surface area (Å²) in [6.07, 6.45) is 1.43. The third-order valence-electron chi connectivity index (χ3n) is 3.54. The van der Waals surface area contributed by atoms with Gasteiger partial charge in [-0.1, -0.05) is 13.8 Å². The Kier molecular flexibility index (Phi) is 4.46. The van der Waals surface area contributed by atoms with Crippen LogP contribution in [0.2, 0.25) is 0 Å². The molecule has 20 heavy (non-hydrogen) atoms. The smallest absolute Gasteiger partial charge is 0.281 e. The van der Waals surface area contributed by atoms with Crippen LogP contribution in [0.5, 0.6) is 0 Å². The maximum Gasteiger partial charge on any atom is 0.281 e. The van der Waals surface area contributed by atoms with Crippen LogP contribution in [-0.4, -0.2) is 54.4 Å². The molecule has 114 valence electrons. The van der Waals surface area contributed by atoms with Crippen molar-refractivity contribution in [2.24, 2.45) is 0 Å². The SMILES string of the molecule is CC(C)c1nnc(C2CCN(S(=O)(=O)N(C)C)CC2)o1. The van der Waals surface area contributed by atoms with Gasteiger partial charge in [0.25, 0.3) is 10.2 Å². The summed E-state index contributed by atoms with van der Waals surface area (Å²) in [4.78, 5) is 0. The first-order valence-corrected chi connectivity index (χ1v) is 8.23. The predicted octanol–water partition coefficient (Wildman–Crippen LogP) is 1.18. The highest BCUT2D eigenvalue weighted by Crippen LogP contribution is 2.29. The van der Waals surface area contributed by atoms with Crippen LogP contribution in [0.25, 0.3) is 0 Å². The van der Waals surface area contributed by atoms with Gasteiger partial charge in [-0.2, -0.15) is 17.0 Å². The van der Waals surface area contributed by atoms with Crippen LogP contribution >= 0.6 is 0 Å². The molecule has 0 radical (unpaired) electrons. The van der Waals surface area contributed by atoms with Gasteiger partial charge < -0.3 is 4.42 Å². The zero-order chi connectivity index (χ0) is 14.9. The van der Waals surface area contributed by atoms with Gasteiger partial charge in [-0.25, -0.2) is 0 Å². The maximum atomic E-state index is 12.0. The molecular weight excluding hydrogens is 280 g/mol. The molecule has 2 heterocycles. The third kappa shape index (κ3) is 3.02. The number of hydrogen-bond acceptors (Lipinski definition) is 5. The van der Waals surface area contributed by atoms with E-state index in [4.69, 9.17) is 4.42 Å². The van der Waals surface area contributed by atoms with Crippen LogP contribution in [0.4, 0.5) is 0 Å². The lowest BCUT2D eigenvalue weighted by molar-refractivity contribution is 0.274. The van der Waals surface area contributed by atoms with Gasteiger partial charge in [0.1, 0.15) is 0 Å². The number of piperidine rings is 1. The lowest BCUT2D eigenvalue weighted by Gasteiger charge is -2.31. The Balaban J connectivity index is 2.01. The van der Waals surface area contributed by atoms with Crippen LogP contribution in [-0.2, 0) is 10.2 Å². The van der Waals surface area contributed by atoms with Crippen LogP contribution in [0, 0.1) is 0 Å². The molecule has 0 spiro atoms. The Morgan fingerprint density at radius 1 is 1.25 bits per heavy atom. The maximum absolute atomic E-state index is 12.0. The molecule has 0 saturated carbocycles. The second kappa shape index (κ2) is 5.79. The Bertz CT molecular complexity index is 545. The number of hydrogen-bond donors (Lipinski definition) is 0. The Morgan fingerprint density at radius 2 is 1.85 bits per heavy atom. The highest BCUT2D eigenvalue weighted by molar-refractivity contribution is 7.86. The van der Waals surface area contributed by atoms with E-state index in [2.05, 4.69) is 10.2 Å². The minimum absolute atomic E-state index is 0.156. The quantitative estimate of drug-likeness (QED) is 0.834. The van der Waals surface area contributed by atoms with E-state index in [0.717, 1.165) is 0 Å². The van der Waals surface area contributed by atoms with Gasteiger partial charge in [0, 0.05) is 39.0 Å². The van der Waals surface area contributed by atoms with E-state index in [1.807, 2.05) is 13.8 Å². The standard InChI is InChI=1S/C12H22N4O3S/c1-9(2)11-13-14-12(19-11)10-5-7-16(8-6-10)20(17,18)15(3)4/h9-10H,5-8H2,1-4H3. The average molecular weight is 302 g/mol. The van der Waals surface area contributed by atoms with Crippen molar-refractivity contribution >= 4 is 10.2 Å². The van der Waals surface area contributed by atoms with Crippen LogP contribution in [0.3, 0.4) is 0 Å². The van der Waals surface area contributed by atoms with Crippen LogP contribution < -0.4 is 0 Å². The molecule has 0 aliphatic carbocycles. The van der Waals surface area contributed by atoms with Crippen molar-refractivity contribution in [3.63, 3.8) is 0 Å². The van der Waals surface area contributed by atoms with Crippen molar-refractivity contribution in [3.8, 4) is 0 Å². The fourth-order valence-electron chi connectivity index (χ4n) is 2.21. The summed E-state index contributed by atoms with van der Waals surface area (Å²) < 4.78 is 32.4. The van der Waals surface area contributed by atoms with Crippen LogP contribution in [0.1, 0.15) is 50.3 Å². The van der Waals surface area contributed by atoms with E-state index >= 15 is 0 Å². The molecule has 8 heteroatoms. The lowest BCUT2D eigenvalue weighted by Crippen LogP contribution is -2.44. The largest absolute Gasteiger partial charge is 0.425 e. The Labute approximate surface area is 120 Å². The van der Waals surface area contributed by atoms with Crippen molar-refractivity contribution in [2.45, 2.75) is 38.5 Å². The fraction of sp³-hybridized carbons (Fsp3) is 0.833. The summed E-state index contributed by atoms with van der Waals surface area (Å²) >= 11 is 0. The monoisotopic (exact) mass is 302 g/mol. The summed E-state index contributed by atoms with van der Waals surface area (Å²) in [5.41, 5.74) is 0. The lowest BCUT2D eigenvalue weighted by atomic mass is 9.98. The molecule has 1 aliphatic heterocycles. The van der Waals surface area contributed by atoms with Crippen molar-refractivity contribution in [1.29, 1.82) is 0 Å². The Morgan fingerprint density at radius 3 is 2.30 bits per heavy atom. The highest BCUT2D eigenvalue weighted by atomic mass is 32.2. The van der Waals surface area contributed by atoms with E-state index in [1.54, 1.807) is 14.1 Å². The molecule has 7 nitrogen and oxygen atoms in total. The third-order valence-corrected chi connectivity index (χ3v) is 5.48. The van der Waals surface area contributed by atoms with Crippen molar-refractivity contribution < 1.29 is 12.8 Å². The molecule has 1 fully saturated rings. The minimum atomic E-state index is -3.31. The van der Waals surface area contributed by atoms with E-state index in [-0.39, 0.29) is 11.8 Å². The average Bonchev–Trinajstić information content (AvgIpc) is 2.88. The molecule has 0 N–H and O–H groups in total. The first-order chi connectivity index (χ1) is 9.32. The molecule has 1 saturated heterocycles. The summed E-state index contributed by atoms with van der Waals surface area (Å²) in [6.45, 7) is 4.99. The minimum Gasteiger partial charge on any atom is -0.425 e. The van der Waals surface area contributed by atoms with Gasteiger partial charge in [0.05, 0.1) is 0 Å². The highest BCUT2D eigenvalue weighted by Gasteiger charge is 2.32. The molecular formula is C12H22N4O3S. The molecule has 1 aromatic rings. The number of aromatic nitrogens is 2. The molecule has 2 rings (SSSR count). The zero-order valence-electron chi connectivity index (χ0n) is 12.4. The summed E-state index contributed by atoms with van der Waals surface area (Å²) in [5, 5.41) is 8.12. The van der Waals surface area contributed by atoms with Gasteiger partial charge in [0.2, 0.25) is 11.8 Å². The van der Waals surface area contributed by atoms with E-state index in [0.29, 0.717) is 37.7 Å². The van der Waals surface area contributed by atoms with Gasteiger partial charge in [-0.3, -0.25) is 0 Å². The number of rotatable bonds is 4. The topological polar surface area (TPSA) is 79.5 Å². The van der Waals surface area contributed by atoms with Crippen molar-refractivity contribution in [1.82, 2.24) is 18.8 Å². The molecule has 0 bridgehead atoms. The Hall–Kier alpha value is -0.990. The molecule has 1 aliphatic rings. The van der Waals surface area contributed by atoms with Gasteiger partial charge >= 0.3 is 0 Å². The van der Waals surface area contributed by atoms with E-state index in [1.165, 1.54) is 8.61 Å². The predicted molar refractivity (Wildman–Crippen MR) is 74.5 cm³/mol. The normalized spacial score (nSPS) is 19.1. The molecule has 0 unspecified atom stereocenters. The molecule has 0 amide bonds. The van der Waals surface area contributed by atoms with E-state index in [9.17, 15) is 8.42 Å². The van der Waals surface area contributed by atoms with Crippen LogP contribution in [0.15, 0.2) is 4.42 Å². The van der Waals surface area contributed by atoms with Gasteiger partial charge in [0.15, 0.2) is 0 Å². The summed E-state index contributed by atoms with van der Waals surface area (Å²) in [6, 6.07) is 0. The second-order valence-electron chi connectivity index (χ2n) is 5.60. The zero-order valence-corrected chi connectivity index (χ0v) is 13.2. The molecule has 1 aromatic heterocycles. The first kappa shape index (κ1) is 15.4. The summed E-state index contributed by atoms with van der Waals surface area (Å²) in [5.74, 6) is 1.65. The van der Waals surface area contributed by atoms with E-state index < -0.39 is 10.2 Å². The van der Waals surface area contributed by atoms with Crippen molar-refractivity contribution in [3.05, 3.63) is 11.8 Å². The van der Waals surface area contributed by atoms with Gasteiger partial charge in [-0.05, 0) is 12.8 Å². The molecule has 0 atom stereocenters. The fourth-order valence-corrected chi connectivity index (χ4v) is 3.34. The van der Waals surface area contributed by atoms with Gasteiger partial charge in [-0.15, -0.1) is 10.2 Å². The second-order valence-corrected chi connectivity index (χ2v) is 7.74.